The molecule has 0 radical (unpaired) electrons. The fraction of sp³-hybridized carbons (Fsp3) is 0.692. The Kier molecular flexibility index (Phi) is 4.77. The summed E-state index contributed by atoms with van der Waals surface area (Å²) in [6, 6.07) is -1.66. The fourth-order valence-corrected chi connectivity index (χ4v) is 2.85. The van der Waals surface area contributed by atoms with Crippen LogP contribution in [0.4, 0.5) is 4.79 Å². The van der Waals surface area contributed by atoms with E-state index in [4.69, 9.17) is 0 Å². The number of piperazine rings is 1. The van der Waals surface area contributed by atoms with Gasteiger partial charge in [-0.15, -0.1) is 0 Å². The number of aliphatic carboxylic acids is 1. The van der Waals surface area contributed by atoms with Crippen molar-refractivity contribution in [1.82, 2.24) is 15.5 Å². The summed E-state index contributed by atoms with van der Waals surface area (Å²) >= 11 is 0. The van der Waals surface area contributed by atoms with Crippen molar-refractivity contribution < 1.29 is 24.3 Å². The lowest BCUT2D eigenvalue weighted by Crippen LogP contribution is -2.58. The molecule has 1 heterocycles. The van der Waals surface area contributed by atoms with E-state index in [0.717, 1.165) is 37.0 Å². The van der Waals surface area contributed by atoms with E-state index in [-0.39, 0.29) is 19.0 Å². The predicted octanol–water partition coefficient (Wildman–Crippen LogP) is -0.312. The smallest absolute Gasteiger partial charge is 0.326 e. The van der Waals surface area contributed by atoms with Crippen molar-refractivity contribution in [3.05, 3.63) is 0 Å². The maximum Gasteiger partial charge on any atom is 0.326 e. The van der Waals surface area contributed by atoms with Crippen molar-refractivity contribution >= 4 is 23.8 Å². The van der Waals surface area contributed by atoms with Crippen molar-refractivity contribution in [2.24, 2.45) is 5.92 Å². The Morgan fingerprint density at radius 1 is 1.14 bits per heavy atom. The van der Waals surface area contributed by atoms with Gasteiger partial charge in [-0.3, -0.25) is 14.9 Å². The van der Waals surface area contributed by atoms with Crippen LogP contribution in [-0.4, -0.2) is 53.0 Å². The molecule has 21 heavy (non-hydrogen) atoms. The van der Waals surface area contributed by atoms with Crippen molar-refractivity contribution in [3.63, 3.8) is 0 Å². The van der Waals surface area contributed by atoms with Gasteiger partial charge in [0, 0.05) is 0 Å². The normalized spacial score (nSPS) is 21.6. The van der Waals surface area contributed by atoms with Crippen LogP contribution in [0.5, 0.6) is 0 Å². The third-order valence-electron chi connectivity index (χ3n) is 3.90. The summed E-state index contributed by atoms with van der Waals surface area (Å²) in [5.41, 5.74) is 0. The molecule has 8 heteroatoms. The number of nitrogens with one attached hydrogen (secondary N) is 2. The zero-order valence-electron chi connectivity index (χ0n) is 11.6. The van der Waals surface area contributed by atoms with Crippen molar-refractivity contribution in [2.75, 3.05) is 13.1 Å². The fourth-order valence-electron chi connectivity index (χ4n) is 2.85. The van der Waals surface area contributed by atoms with E-state index < -0.39 is 29.9 Å². The highest BCUT2D eigenvalue weighted by molar-refractivity contribution is 6.02. The summed E-state index contributed by atoms with van der Waals surface area (Å²) < 4.78 is 0. The van der Waals surface area contributed by atoms with Gasteiger partial charge in [0.2, 0.25) is 11.8 Å². The zero-order chi connectivity index (χ0) is 15.4. The molecule has 0 aromatic carbocycles. The van der Waals surface area contributed by atoms with Gasteiger partial charge in [0.25, 0.3) is 0 Å². The zero-order valence-corrected chi connectivity index (χ0v) is 11.6. The number of nitrogens with zero attached hydrogens (tertiary/aromatic N) is 1. The third-order valence-corrected chi connectivity index (χ3v) is 3.90. The number of urea groups is 1. The molecule has 0 aromatic rings. The first-order chi connectivity index (χ1) is 9.97. The van der Waals surface area contributed by atoms with Crippen LogP contribution in [0.3, 0.4) is 0 Å². The van der Waals surface area contributed by atoms with Gasteiger partial charge >= 0.3 is 12.0 Å². The van der Waals surface area contributed by atoms with E-state index in [9.17, 15) is 24.3 Å². The number of hydrogen-bond acceptors (Lipinski definition) is 4. The molecular formula is C13H19N3O5. The minimum Gasteiger partial charge on any atom is -0.480 e. The maximum absolute atomic E-state index is 12.1. The van der Waals surface area contributed by atoms with Gasteiger partial charge in [0.15, 0.2) is 0 Å². The standard InChI is InChI=1S/C13H19N3O5/c17-9-6-16(7-10(18)14-9)13(21)15-11(12(19)20)8-4-2-1-3-5-8/h8,11H,1-7H2,(H,15,21)(H,19,20)(H,14,17,18). The molecule has 3 N–H and O–H groups in total. The molecule has 0 aromatic heterocycles. The summed E-state index contributed by atoms with van der Waals surface area (Å²) in [7, 11) is 0. The SMILES string of the molecule is O=C1CN(C(=O)NC(C(=O)O)C2CCCCC2)CC(=O)N1. The van der Waals surface area contributed by atoms with Crippen molar-refractivity contribution in [3.8, 4) is 0 Å². The Morgan fingerprint density at radius 2 is 1.71 bits per heavy atom. The summed E-state index contributed by atoms with van der Waals surface area (Å²) in [6.45, 7) is -0.483. The molecule has 2 aliphatic rings. The van der Waals surface area contributed by atoms with E-state index >= 15 is 0 Å². The first kappa shape index (κ1) is 15.3. The minimum absolute atomic E-state index is 0.102. The molecule has 0 spiro atoms. The molecule has 8 nitrogen and oxygen atoms in total. The highest BCUT2D eigenvalue weighted by atomic mass is 16.4. The van der Waals surface area contributed by atoms with E-state index in [1.165, 1.54) is 0 Å². The molecule has 1 aliphatic carbocycles. The minimum atomic E-state index is -1.08. The summed E-state index contributed by atoms with van der Waals surface area (Å²) in [4.78, 5) is 46.9. The van der Waals surface area contributed by atoms with Gasteiger partial charge in [0.1, 0.15) is 19.1 Å². The number of amides is 4. The van der Waals surface area contributed by atoms with Crippen LogP contribution in [0.2, 0.25) is 0 Å². The number of imide groups is 1. The number of carboxylic acids is 1. The van der Waals surface area contributed by atoms with E-state index in [2.05, 4.69) is 10.6 Å². The van der Waals surface area contributed by atoms with Crippen LogP contribution in [-0.2, 0) is 14.4 Å². The number of carbonyl (C=O) groups excluding carboxylic acids is 3. The van der Waals surface area contributed by atoms with Gasteiger partial charge in [-0.2, -0.15) is 0 Å². The van der Waals surface area contributed by atoms with Gasteiger partial charge in [-0.25, -0.2) is 9.59 Å². The van der Waals surface area contributed by atoms with E-state index in [1.54, 1.807) is 0 Å². The number of carbonyl (C=O) groups is 4. The van der Waals surface area contributed by atoms with Crippen LogP contribution in [0.1, 0.15) is 32.1 Å². The molecule has 0 bridgehead atoms. The Labute approximate surface area is 121 Å². The Hall–Kier alpha value is -2.12. The third kappa shape index (κ3) is 3.93. The maximum atomic E-state index is 12.1. The summed E-state index contributed by atoms with van der Waals surface area (Å²) in [6.07, 6.45) is 4.51. The monoisotopic (exact) mass is 297 g/mol. The number of hydrogen-bond donors (Lipinski definition) is 3. The topological polar surface area (TPSA) is 116 Å². The number of rotatable bonds is 3. The largest absolute Gasteiger partial charge is 0.480 e. The lowest BCUT2D eigenvalue weighted by Gasteiger charge is -2.31. The predicted molar refractivity (Wildman–Crippen MR) is 71.3 cm³/mol. The summed E-state index contributed by atoms with van der Waals surface area (Å²) in [5, 5.41) is 13.8. The van der Waals surface area contributed by atoms with Gasteiger partial charge in [-0.05, 0) is 18.8 Å². The number of carboxylic acid groups (broad SMARTS) is 1. The molecule has 1 saturated carbocycles. The molecule has 1 atom stereocenters. The Morgan fingerprint density at radius 3 is 2.24 bits per heavy atom. The highest BCUT2D eigenvalue weighted by Gasteiger charge is 2.34. The second kappa shape index (κ2) is 6.55. The lowest BCUT2D eigenvalue weighted by molar-refractivity contribution is -0.141. The van der Waals surface area contributed by atoms with Crippen LogP contribution < -0.4 is 10.6 Å². The second-order valence-electron chi connectivity index (χ2n) is 5.49. The highest BCUT2D eigenvalue weighted by Crippen LogP contribution is 2.26. The first-order valence-corrected chi connectivity index (χ1v) is 7.08. The second-order valence-corrected chi connectivity index (χ2v) is 5.49. The van der Waals surface area contributed by atoms with Crippen LogP contribution in [0.25, 0.3) is 0 Å². The molecule has 2 rings (SSSR count). The Bertz CT molecular complexity index is 443. The lowest BCUT2D eigenvalue weighted by atomic mass is 9.84. The van der Waals surface area contributed by atoms with Gasteiger partial charge in [-0.1, -0.05) is 19.3 Å². The van der Waals surface area contributed by atoms with E-state index in [0.29, 0.717) is 0 Å². The van der Waals surface area contributed by atoms with Crippen molar-refractivity contribution in [2.45, 2.75) is 38.1 Å². The Balaban J connectivity index is 1.99. The average molecular weight is 297 g/mol. The molecule has 1 unspecified atom stereocenters. The molecule has 116 valence electrons. The van der Waals surface area contributed by atoms with Gasteiger partial charge < -0.3 is 15.3 Å². The summed E-state index contributed by atoms with van der Waals surface area (Å²) in [5.74, 6) is -2.31. The molecule has 4 amide bonds. The van der Waals surface area contributed by atoms with Crippen LogP contribution in [0.15, 0.2) is 0 Å². The molecule has 1 saturated heterocycles. The molecule has 2 fully saturated rings. The molecular weight excluding hydrogens is 278 g/mol. The van der Waals surface area contributed by atoms with E-state index in [1.807, 2.05) is 0 Å². The molecule has 1 aliphatic heterocycles. The van der Waals surface area contributed by atoms with Gasteiger partial charge in [0.05, 0.1) is 0 Å². The van der Waals surface area contributed by atoms with Crippen molar-refractivity contribution in [1.29, 1.82) is 0 Å². The first-order valence-electron chi connectivity index (χ1n) is 7.08. The van der Waals surface area contributed by atoms with Crippen LogP contribution >= 0.6 is 0 Å². The quantitative estimate of drug-likeness (QED) is 0.618. The average Bonchev–Trinajstić information content (AvgIpc) is 2.44. The van der Waals surface area contributed by atoms with Crippen LogP contribution in [0, 0.1) is 5.92 Å².